The molecule has 0 atom stereocenters. The zero-order valence-electron chi connectivity index (χ0n) is 12.3. The molecular formula is C12H15N5O3S2. The lowest BCUT2D eigenvalue weighted by atomic mass is 10.1. The standard InChI is InChI=1S/C12H15N5O3S2/c1-8-4-5-9(2)10(6-8)17-12(13-15-16-17)21-7-11(18)14-22(3,19)20/h4-6H,7H2,1-3H3,(H,14,18). The molecule has 0 aliphatic heterocycles. The smallest absolute Gasteiger partial charge is 0.243 e. The minimum Gasteiger partial charge on any atom is -0.273 e. The van der Waals surface area contributed by atoms with Gasteiger partial charge in [-0.2, -0.15) is 4.68 Å². The normalized spacial score (nSPS) is 11.4. The van der Waals surface area contributed by atoms with Crippen LogP contribution in [0.15, 0.2) is 23.4 Å². The average molecular weight is 341 g/mol. The summed E-state index contributed by atoms with van der Waals surface area (Å²) in [6.07, 6.45) is 0.926. The summed E-state index contributed by atoms with van der Waals surface area (Å²) in [5, 5.41) is 11.8. The Kier molecular flexibility index (Phi) is 4.81. The second kappa shape index (κ2) is 6.44. The molecule has 22 heavy (non-hydrogen) atoms. The molecule has 0 bridgehead atoms. The lowest BCUT2D eigenvalue weighted by molar-refractivity contribution is -0.116. The van der Waals surface area contributed by atoms with Gasteiger partial charge in [-0.15, -0.1) is 5.10 Å². The number of hydrogen-bond acceptors (Lipinski definition) is 7. The molecule has 1 aromatic heterocycles. The minimum absolute atomic E-state index is 0.0989. The van der Waals surface area contributed by atoms with Crippen LogP contribution in [0, 0.1) is 13.8 Å². The van der Waals surface area contributed by atoms with Gasteiger partial charge in [0.2, 0.25) is 21.1 Å². The fourth-order valence-electron chi connectivity index (χ4n) is 1.73. The predicted molar refractivity (Wildman–Crippen MR) is 82.3 cm³/mol. The van der Waals surface area contributed by atoms with Crippen LogP contribution in [0.1, 0.15) is 11.1 Å². The SMILES string of the molecule is Cc1ccc(C)c(-n2nnnc2SCC(=O)NS(C)(=O)=O)c1. The van der Waals surface area contributed by atoms with Crippen molar-refractivity contribution in [3.05, 3.63) is 29.3 Å². The number of aryl methyl sites for hydroxylation is 2. The maximum atomic E-state index is 11.5. The summed E-state index contributed by atoms with van der Waals surface area (Å²) in [6.45, 7) is 3.89. The molecule has 118 valence electrons. The molecule has 0 fully saturated rings. The van der Waals surface area contributed by atoms with Gasteiger partial charge in [-0.3, -0.25) is 9.52 Å². The fraction of sp³-hybridized carbons (Fsp3) is 0.333. The molecule has 0 saturated carbocycles. The van der Waals surface area contributed by atoms with E-state index in [4.69, 9.17) is 0 Å². The molecule has 10 heteroatoms. The van der Waals surface area contributed by atoms with E-state index in [-0.39, 0.29) is 5.75 Å². The second-order valence-corrected chi connectivity index (χ2v) is 7.44. The van der Waals surface area contributed by atoms with Gasteiger partial charge in [-0.25, -0.2) is 8.42 Å². The molecule has 0 unspecified atom stereocenters. The van der Waals surface area contributed by atoms with Crippen molar-refractivity contribution in [2.24, 2.45) is 0 Å². The quantitative estimate of drug-likeness (QED) is 0.787. The van der Waals surface area contributed by atoms with Crippen LogP contribution in [0.25, 0.3) is 5.69 Å². The minimum atomic E-state index is -3.56. The van der Waals surface area contributed by atoms with E-state index in [2.05, 4.69) is 15.5 Å². The Morgan fingerprint density at radius 3 is 2.77 bits per heavy atom. The molecule has 1 heterocycles. The molecule has 2 aromatic rings. The van der Waals surface area contributed by atoms with Crippen LogP contribution in [0.3, 0.4) is 0 Å². The van der Waals surface area contributed by atoms with Gasteiger partial charge in [0.15, 0.2) is 0 Å². The first-order valence-electron chi connectivity index (χ1n) is 6.26. The Morgan fingerprint density at radius 2 is 2.09 bits per heavy atom. The van der Waals surface area contributed by atoms with E-state index in [1.807, 2.05) is 36.8 Å². The number of aromatic nitrogens is 4. The number of rotatable bonds is 5. The van der Waals surface area contributed by atoms with Gasteiger partial charge in [-0.05, 0) is 41.5 Å². The predicted octanol–water partition coefficient (Wildman–Crippen LogP) is 0.447. The Balaban J connectivity index is 2.17. The van der Waals surface area contributed by atoms with Crippen LogP contribution in [-0.2, 0) is 14.8 Å². The first-order valence-corrected chi connectivity index (χ1v) is 9.13. The molecule has 1 amide bonds. The summed E-state index contributed by atoms with van der Waals surface area (Å²) in [4.78, 5) is 11.5. The van der Waals surface area contributed by atoms with Gasteiger partial charge in [0.1, 0.15) is 0 Å². The van der Waals surface area contributed by atoms with Gasteiger partial charge in [0, 0.05) is 0 Å². The zero-order chi connectivity index (χ0) is 16.3. The largest absolute Gasteiger partial charge is 0.273 e. The molecule has 1 aromatic carbocycles. The highest BCUT2D eigenvalue weighted by atomic mass is 32.2. The second-order valence-electron chi connectivity index (χ2n) is 4.75. The number of thioether (sulfide) groups is 1. The van der Waals surface area contributed by atoms with Crippen molar-refractivity contribution in [3.8, 4) is 5.69 Å². The number of benzene rings is 1. The number of amides is 1. The van der Waals surface area contributed by atoms with E-state index in [0.717, 1.165) is 34.8 Å². The van der Waals surface area contributed by atoms with Crippen molar-refractivity contribution in [3.63, 3.8) is 0 Å². The lowest BCUT2D eigenvalue weighted by Gasteiger charge is -2.08. The number of carbonyl (C=O) groups excluding carboxylic acids is 1. The number of tetrazole rings is 1. The molecule has 0 saturated heterocycles. The summed E-state index contributed by atoms with van der Waals surface area (Å²) < 4.78 is 25.4. The van der Waals surface area contributed by atoms with Gasteiger partial charge >= 0.3 is 0 Å². The summed E-state index contributed by atoms with van der Waals surface area (Å²) in [7, 11) is -3.56. The van der Waals surface area contributed by atoms with Gasteiger partial charge in [0.25, 0.3) is 0 Å². The Labute approximate surface area is 132 Å². The summed E-state index contributed by atoms with van der Waals surface area (Å²) >= 11 is 1.06. The number of sulfonamides is 1. The van der Waals surface area contributed by atoms with Crippen LogP contribution in [-0.4, -0.2) is 46.5 Å². The van der Waals surface area contributed by atoms with Crippen LogP contribution in [0.2, 0.25) is 0 Å². The van der Waals surface area contributed by atoms with E-state index < -0.39 is 15.9 Å². The van der Waals surface area contributed by atoms with Gasteiger partial charge < -0.3 is 0 Å². The highest BCUT2D eigenvalue weighted by Crippen LogP contribution is 2.21. The summed E-state index contributed by atoms with van der Waals surface area (Å²) in [6, 6.07) is 5.87. The van der Waals surface area contributed by atoms with Crippen molar-refractivity contribution in [2.75, 3.05) is 12.0 Å². The van der Waals surface area contributed by atoms with Crippen molar-refractivity contribution < 1.29 is 13.2 Å². The third-order valence-electron chi connectivity index (χ3n) is 2.67. The number of hydrogen-bond donors (Lipinski definition) is 1. The topological polar surface area (TPSA) is 107 Å². The van der Waals surface area contributed by atoms with E-state index in [1.165, 1.54) is 4.68 Å². The third kappa shape index (κ3) is 4.28. The summed E-state index contributed by atoms with van der Waals surface area (Å²) in [5.41, 5.74) is 2.86. The van der Waals surface area contributed by atoms with Crippen LogP contribution in [0.4, 0.5) is 0 Å². The maximum Gasteiger partial charge on any atom is 0.243 e. The number of nitrogens with one attached hydrogen (secondary N) is 1. The molecule has 0 spiro atoms. The Bertz CT molecular complexity index is 801. The van der Waals surface area contributed by atoms with Crippen LogP contribution in [0.5, 0.6) is 0 Å². The average Bonchev–Trinajstić information content (AvgIpc) is 2.85. The van der Waals surface area contributed by atoms with Crippen LogP contribution < -0.4 is 4.72 Å². The van der Waals surface area contributed by atoms with Gasteiger partial charge in [0.05, 0.1) is 17.7 Å². The summed E-state index contributed by atoms with van der Waals surface area (Å²) in [5.74, 6) is -0.721. The van der Waals surface area contributed by atoms with Crippen molar-refractivity contribution in [2.45, 2.75) is 19.0 Å². The van der Waals surface area contributed by atoms with Crippen molar-refractivity contribution in [1.29, 1.82) is 0 Å². The van der Waals surface area contributed by atoms with Crippen LogP contribution >= 0.6 is 11.8 Å². The Hall–Kier alpha value is -1.94. The molecule has 0 aliphatic rings. The van der Waals surface area contributed by atoms with Crippen molar-refractivity contribution in [1.82, 2.24) is 24.9 Å². The number of nitrogens with zero attached hydrogens (tertiary/aromatic N) is 4. The van der Waals surface area contributed by atoms with E-state index in [0.29, 0.717) is 5.16 Å². The maximum absolute atomic E-state index is 11.5. The zero-order valence-corrected chi connectivity index (χ0v) is 13.9. The lowest BCUT2D eigenvalue weighted by Crippen LogP contribution is -2.30. The highest BCUT2D eigenvalue weighted by Gasteiger charge is 2.15. The van der Waals surface area contributed by atoms with Gasteiger partial charge in [-0.1, -0.05) is 23.9 Å². The molecule has 8 nitrogen and oxygen atoms in total. The number of carbonyl (C=O) groups is 1. The van der Waals surface area contributed by atoms with E-state index in [9.17, 15) is 13.2 Å². The van der Waals surface area contributed by atoms with E-state index in [1.54, 1.807) is 0 Å². The third-order valence-corrected chi connectivity index (χ3v) is 4.18. The molecule has 1 N–H and O–H groups in total. The highest BCUT2D eigenvalue weighted by molar-refractivity contribution is 8.00. The van der Waals surface area contributed by atoms with Crippen molar-refractivity contribution >= 4 is 27.7 Å². The Morgan fingerprint density at radius 1 is 1.36 bits per heavy atom. The van der Waals surface area contributed by atoms with E-state index >= 15 is 0 Å². The first kappa shape index (κ1) is 16.4. The molecule has 0 aliphatic carbocycles. The molecular weight excluding hydrogens is 326 g/mol. The molecule has 0 radical (unpaired) electrons. The fourth-order valence-corrected chi connectivity index (χ4v) is 2.99. The molecule has 2 rings (SSSR count). The first-order chi connectivity index (χ1) is 10.3. The monoisotopic (exact) mass is 341 g/mol.